The highest BCUT2D eigenvalue weighted by Gasteiger charge is 2.28. The van der Waals surface area contributed by atoms with Crippen LogP contribution in [-0.2, 0) is 9.59 Å². The van der Waals surface area contributed by atoms with Gasteiger partial charge in [-0.3, -0.25) is 9.59 Å². The molecule has 1 atom stereocenters. The van der Waals surface area contributed by atoms with Crippen LogP contribution >= 0.6 is 0 Å². The fraction of sp³-hybridized carbons (Fsp3) is 0.591. The van der Waals surface area contributed by atoms with Crippen molar-refractivity contribution in [3.63, 3.8) is 0 Å². The van der Waals surface area contributed by atoms with Crippen LogP contribution in [0.4, 0.5) is 10.5 Å². The summed E-state index contributed by atoms with van der Waals surface area (Å²) in [6, 6.07) is 9.28. The molecule has 2 fully saturated rings. The summed E-state index contributed by atoms with van der Waals surface area (Å²) in [5.41, 5.74) is 0.780. The summed E-state index contributed by atoms with van der Waals surface area (Å²) >= 11 is 0. The number of hydrogen-bond acceptors (Lipinski definition) is 3. The summed E-state index contributed by atoms with van der Waals surface area (Å²) in [5, 5.41) is 5.88. The number of piperidine rings is 1. The summed E-state index contributed by atoms with van der Waals surface area (Å²) < 4.78 is 0. The maximum atomic E-state index is 12.5. The van der Waals surface area contributed by atoms with Gasteiger partial charge in [-0.1, -0.05) is 24.6 Å². The van der Waals surface area contributed by atoms with Crippen LogP contribution in [0.15, 0.2) is 30.3 Å². The molecule has 0 spiro atoms. The van der Waals surface area contributed by atoms with Crippen LogP contribution in [0.5, 0.6) is 0 Å². The number of anilines is 1. The van der Waals surface area contributed by atoms with Gasteiger partial charge < -0.3 is 20.4 Å². The first-order valence-corrected chi connectivity index (χ1v) is 10.8. The smallest absolute Gasteiger partial charge is 0.317 e. The van der Waals surface area contributed by atoms with Crippen molar-refractivity contribution in [2.75, 3.05) is 38.0 Å². The largest absolute Gasteiger partial charge is 0.343 e. The summed E-state index contributed by atoms with van der Waals surface area (Å²) in [5.74, 6) is 0.00920. The molecule has 0 saturated carbocycles. The highest BCUT2D eigenvalue weighted by atomic mass is 16.2. The fourth-order valence-electron chi connectivity index (χ4n) is 3.99. The lowest BCUT2D eigenvalue weighted by molar-refractivity contribution is -0.130. The average molecular weight is 401 g/mol. The van der Waals surface area contributed by atoms with Gasteiger partial charge in [0.15, 0.2) is 0 Å². The van der Waals surface area contributed by atoms with Crippen LogP contribution in [0.25, 0.3) is 0 Å². The zero-order valence-corrected chi connectivity index (χ0v) is 17.1. The Bertz CT molecular complexity index is 695. The molecule has 2 aliphatic heterocycles. The Labute approximate surface area is 172 Å². The van der Waals surface area contributed by atoms with Crippen LogP contribution in [0, 0.1) is 5.92 Å². The third kappa shape index (κ3) is 6.48. The molecule has 0 bridgehead atoms. The fourth-order valence-corrected chi connectivity index (χ4v) is 3.99. The lowest BCUT2D eigenvalue weighted by atomic mass is 9.97. The van der Waals surface area contributed by atoms with Gasteiger partial charge in [-0.25, -0.2) is 4.79 Å². The first-order chi connectivity index (χ1) is 14.1. The minimum Gasteiger partial charge on any atom is -0.343 e. The molecule has 0 aliphatic carbocycles. The van der Waals surface area contributed by atoms with Gasteiger partial charge in [0.1, 0.15) is 0 Å². The van der Waals surface area contributed by atoms with E-state index < -0.39 is 0 Å². The number of amides is 4. The summed E-state index contributed by atoms with van der Waals surface area (Å²) in [6.45, 7) is 3.18. The Kier molecular flexibility index (Phi) is 7.90. The topological polar surface area (TPSA) is 81.8 Å². The van der Waals surface area contributed by atoms with Crippen molar-refractivity contribution in [1.82, 2.24) is 15.1 Å². The predicted molar refractivity (Wildman–Crippen MR) is 112 cm³/mol. The second-order valence-electron chi connectivity index (χ2n) is 7.92. The molecule has 2 saturated heterocycles. The van der Waals surface area contributed by atoms with Crippen LogP contribution in [0.3, 0.4) is 0 Å². The normalized spacial score (nSPS) is 20.1. The Morgan fingerprint density at radius 1 is 1.03 bits per heavy atom. The lowest BCUT2D eigenvalue weighted by Gasteiger charge is -2.32. The molecule has 158 valence electrons. The molecule has 1 unspecified atom stereocenters. The molecule has 4 amide bonds. The standard InChI is InChI=1S/C22H32N4O3/c27-20-12-5-2-6-14-25(20)16-8-13-23-22(29)26-15-7-9-18(17-26)21(28)24-19-10-3-1-4-11-19/h1,3-4,10-11,18H,2,5-9,12-17H2,(H,23,29)(H,24,28). The summed E-state index contributed by atoms with van der Waals surface area (Å²) in [6.07, 6.45) is 6.18. The first kappa shape index (κ1) is 21.1. The predicted octanol–water partition coefficient (Wildman–Crippen LogP) is 2.84. The second kappa shape index (κ2) is 10.8. The number of carbonyl (C=O) groups is 3. The molecule has 29 heavy (non-hydrogen) atoms. The number of nitrogens with one attached hydrogen (secondary N) is 2. The minimum absolute atomic E-state index is 0.0339. The number of nitrogens with zero attached hydrogens (tertiary/aromatic N) is 2. The number of rotatable bonds is 6. The summed E-state index contributed by atoms with van der Waals surface area (Å²) in [4.78, 5) is 40.7. The zero-order valence-electron chi connectivity index (χ0n) is 17.1. The van der Waals surface area contributed by atoms with Crippen molar-refractivity contribution in [2.24, 2.45) is 5.92 Å². The van der Waals surface area contributed by atoms with Crippen molar-refractivity contribution in [1.29, 1.82) is 0 Å². The molecule has 1 aromatic rings. The van der Waals surface area contributed by atoms with Crippen molar-refractivity contribution in [2.45, 2.75) is 44.9 Å². The van der Waals surface area contributed by atoms with E-state index in [2.05, 4.69) is 10.6 Å². The lowest BCUT2D eigenvalue weighted by Crippen LogP contribution is -2.48. The van der Waals surface area contributed by atoms with Crippen LogP contribution < -0.4 is 10.6 Å². The van der Waals surface area contributed by atoms with E-state index in [9.17, 15) is 14.4 Å². The summed E-state index contributed by atoms with van der Waals surface area (Å²) in [7, 11) is 0. The highest BCUT2D eigenvalue weighted by Crippen LogP contribution is 2.19. The third-order valence-electron chi connectivity index (χ3n) is 5.67. The molecule has 7 nitrogen and oxygen atoms in total. The van der Waals surface area contributed by atoms with E-state index in [1.54, 1.807) is 4.90 Å². The van der Waals surface area contributed by atoms with Crippen LogP contribution in [0.2, 0.25) is 0 Å². The zero-order chi connectivity index (χ0) is 20.5. The number of likely N-dealkylation sites (tertiary alicyclic amines) is 2. The molecule has 2 heterocycles. The van der Waals surface area contributed by atoms with E-state index in [0.717, 1.165) is 50.8 Å². The van der Waals surface area contributed by atoms with E-state index >= 15 is 0 Å². The van der Waals surface area contributed by atoms with Gasteiger partial charge in [0.25, 0.3) is 0 Å². The maximum Gasteiger partial charge on any atom is 0.317 e. The third-order valence-corrected chi connectivity index (χ3v) is 5.67. The molecular weight excluding hydrogens is 368 g/mol. The van der Waals surface area contributed by atoms with Crippen molar-refractivity contribution in [3.8, 4) is 0 Å². The number of urea groups is 1. The van der Waals surface area contributed by atoms with Gasteiger partial charge in [-0.15, -0.1) is 0 Å². The van der Waals surface area contributed by atoms with Gasteiger partial charge >= 0.3 is 6.03 Å². The van der Waals surface area contributed by atoms with E-state index in [1.165, 1.54) is 0 Å². The van der Waals surface area contributed by atoms with Crippen LogP contribution in [0.1, 0.15) is 44.9 Å². The van der Waals surface area contributed by atoms with Crippen molar-refractivity contribution < 1.29 is 14.4 Å². The Morgan fingerprint density at radius 3 is 2.69 bits per heavy atom. The van der Waals surface area contributed by atoms with Crippen molar-refractivity contribution in [3.05, 3.63) is 30.3 Å². The molecule has 2 aliphatic rings. The average Bonchev–Trinajstić information content (AvgIpc) is 2.96. The molecule has 0 radical (unpaired) electrons. The van der Waals surface area contributed by atoms with Gasteiger partial charge in [0, 0.05) is 44.8 Å². The second-order valence-corrected chi connectivity index (χ2v) is 7.92. The Hall–Kier alpha value is -2.57. The van der Waals surface area contributed by atoms with E-state index in [0.29, 0.717) is 32.6 Å². The monoisotopic (exact) mass is 400 g/mol. The quantitative estimate of drug-likeness (QED) is 0.721. The van der Waals surface area contributed by atoms with Gasteiger partial charge in [0.2, 0.25) is 11.8 Å². The SMILES string of the molecule is O=C(Nc1ccccc1)C1CCCN(C(=O)NCCCN2CCCCCC2=O)C1. The maximum absolute atomic E-state index is 12.5. The van der Waals surface area contributed by atoms with Gasteiger partial charge in [-0.2, -0.15) is 0 Å². The molecule has 3 rings (SSSR count). The Morgan fingerprint density at radius 2 is 1.86 bits per heavy atom. The van der Waals surface area contributed by atoms with Crippen LogP contribution in [-0.4, -0.2) is 60.4 Å². The number of para-hydroxylation sites is 1. The number of hydrogen-bond donors (Lipinski definition) is 2. The molecular formula is C22H32N4O3. The first-order valence-electron chi connectivity index (χ1n) is 10.8. The van der Waals surface area contributed by atoms with E-state index in [1.807, 2.05) is 35.2 Å². The van der Waals surface area contributed by atoms with Crippen molar-refractivity contribution >= 4 is 23.5 Å². The Balaban J connectivity index is 1.39. The molecule has 2 N–H and O–H groups in total. The molecule has 0 aromatic heterocycles. The highest BCUT2D eigenvalue weighted by molar-refractivity contribution is 5.93. The number of benzene rings is 1. The van der Waals surface area contributed by atoms with Gasteiger partial charge in [-0.05, 0) is 44.2 Å². The molecule has 7 heteroatoms. The number of carbonyl (C=O) groups excluding carboxylic acids is 3. The van der Waals surface area contributed by atoms with E-state index in [4.69, 9.17) is 0 Å². The minimum atomic E-state index is -0.190. The molecule has 1 aromatic carbocycles. The van der Waals surface area contributed by atoms with E-state index in [-0.39, 0.29) is 23.8 Å². The van der Waals surface area contributed by atoms with Gasteiger partial charge in [0.05, 0.1) is 5.92 Å².